The molecule has 6 heteroatoms. The SMILES string of the molecule is Cl.Cn1nccc1C(=O)N1CCCNCC1. The summed E-state index contributed by atoms with van der Waals surface area (Å²) in [6.07, 6.45) is 2.67. The summed E-state index contributed by atoms with van der Waals surface area (Å²) in [6, 6.07) is 1.76. The van der Waals surface area contributed by atoms with Gasteiger partial charge in [0.2, 0.25) is 0 Å². The van der Waals surface area contributed by atoms with Gasteiger partial charge in [0.25, 0.3) is 5.91 Å². The lowest BCUT2D eigenvalue weighted by atomic mass is 10.3. The summed E-state index contributed by atoms with van der Waals surface area (Å²) < 4.78 is 1.63. The van der Waals surface area contributed by atoms with Crippen LogP contribution < -0.4 is 5.32 Å². The van der Waals surface area contributed by atoms with Crippen LogP contribution in [0.5, 0.6) is 0 Å². The van der Waals surface area contributed by atoms with E-state index in [0.717, 1.165) is 32.6 Å². The van der Waals surface area contributed by atoms with Crippen LogP contribution in [0.25, 0.3) is 0 Å². The monoisotopic (exact) mass is 244 g/mol. The number of aromatic nitrogens is 2. The Morgan fingerprint density at radius 3 is 2.94 bits per heavy atom. The van der Waals surface area contributed by atoms with Crippen LogP contribution in [0, 0.1) is 0 Å². The molecule has 1 aliphatic heterocycles. The second-order valence-electron chi connectivity index (χ2n) is 3.74. The van der Waals surface area contributed by atoms with Crippen molar-refractivity contribution in [2.24, 2.45) is 7.05 Å². The number of nitrogens with zero attached hydrogens (tertiary/aromatic N) is 3. The molecule has 1 aliphatic rings. The molecule has 0 saturated carbocycles. The molecule has 0 radical (unpaired) electrons. The fourth-order valence-electron chi connectivity index (χ4n) is 1.79. The highest BCUT2D eigenvalue weighted by molar-refractivity contribution is 5.92. The molecular formula is C10H17ClN4O. The summed E-state index contributed by atoms with van der Waals surface area (Å²) in [7, 11) is 1.79. The highest BCUT2D eigenvalue weighted by Gasteiger charge is 2.19. The zero-order valence-electron chi connectivity index (χ0n) is 9.35. The zero-order valence-corrected chi connectivity index (χ0v) is 10.2. The van der Waals surface area contributed by atoms with Gasteiger partial charge in [-0.25, -0.2) is 0 Å². The van der Waals surface area contributed by atoms with Gasteiger partial charge in [0.05, 0.1) is 0 Å². The van der Waals surface area contributed by atoms with Gasteiger partial charge in [-0.1, -0.05) is 0 Å². The van der Waals surface area contributed by atoms with Crippen LogP contribution in [0.1, 0.15) is 16.9 Å². The van der Waals surface area contributed by atoms with Crippen molar-refractivity contribution in [3.63, 3.8) is 0 Å². The van der Waals surface area contributed by atoms with Crippen molar-refractivity contribution in [3.8, 4) is 0 Å². The number of aryl methyl sites for hydroxylation is 1. The lowest BCUT2D eigenvalue weighted by molar-refractivity contribution is 0.0755. The van der Waals surface area contributed by atoms with Gasteiger partial charge in [-0.3, -0.25) is 9.48 Å². The van der Waals surface area contributed by atoms with E-state index in [1.165, 1.54) is 0 Å². The molecule has 1 saturated heterocycles. The summed E-state index contributed by atoms with van der Waals surface area (Å²) in [6.45, 7) is 3.49. The molecule has 0 atom stereocenters. The number of nitrogens with one attached hydrogen (secondary N) is 1. The maximum atomic E-state index is 12.1. The minimum Gasteiger partial charge on any atom is -0.336 e. The molecule has 0 spiro atoms. The quantitative estimate of drug-likeness (QED) is 0.772. The maximum Gasteiger partial charge on any atom is 0.272 e. The first-order valence-electron chi connectivity index (χ1n) is 5.27. The van der Waals surface area contributed by atoms with E-state index in [-0.39, 0.29) is 18.3 Å². The lowest BCUT2D eigenvalue weighted by Gasteiger charge is -2.19. The molecular weight excluding hydrogens is 228 g/mol. The van der Waals surface area contributed by atoms with Gasteiger partial charge in [-0.2, -0.15) is 5.10 Å². The molecule has 0 unspecified atom stereocenters. The van der Waals surface area contributed by atoms with Gasteiger partial charge in [0.1, 0.15) is 5.69 Å². The second kappa shape index (κ2) is 5.86. The summed E-state index contributed by atoms with van der Waals surface area (Å²) in [5.74, 6) is 0.0821. The molecule has 1 N–H and O–H groups in total. The van der Waals surface area contributed by atoms with Crippen LogP contribution in [0.2, 0.25) is 0 Å². The average Bonchev–Trinajstić information content (AvgIpc) is 2.53. The Labute approximate surface area is 101 Å². The number of hydrogen-bond donors (Lipinski definition) is 1. The van der Waals surface area contributed by atoms with E-state index < -0.39 is 0 Å². The first-order chi connectivity index (χ1) is 7.29. The number of carbonyl (C=O) groups excluding carboxylic acids is 1. The lowest BCUT2D eigenvalue weighted by Crippen LogP contribution is -2.35. The Kier molecular flexibility index (Phi) is 4.76. The minimum atomic E-state index is 0. The highest BCUT2D eigenvalue weighted by Crippen LogP contribution is 2.05. The summed E-state index contributed by atoms with van der Waals surface area (Å²) in [5, 5.41) is 7.29. The van der Waals surface area contributed by atoms with Crippen molar-refractivity contribution in [1.82, 2.24) is 20.0 Å². The van der Waals surface area contributed by atoms with Gasteiger partial charge in [0, 0.05) is 32.9 Å². The topological polar surface area (TPSA) is 50.2 Å². The van der Waals surface area contributed by atoms with E-state index in [2.05, 4.69) is 10.4 Å². The van der Waals surface area contributed by atoms with Crippen molar-refractivity contribution in [3.05, 3.63) is 18.0 Å². The van der Waals surface area contributed by atoms with Crippen LogP contribution in [-0.4, -0.2) is 46.8 Å². The van der Waals surface area contributed by atoms with Gasteiger partial charge >= 0.3 is 0 Å². The van der Waals surface area contributed by atoms with Crippen molar-refractivity contribution in [1.29, 1.82) is 0 Å². The molecule has 0 aliphatic carbocycles. The molecule has 90 valence electrons. The maximum absolute atomic E-state index is 12.1. The first-order valence-corrected chi connectivity index (χ1v) is 5.27. The Morgan fingerprint density at radius 2 is 2.25 bits per heavy atom. The van der Waals surface area contributed by atoms with Crippen molar-refractivity contribution >= 4 is 18.3 Å². The molecule has 1 fully saturated rings. The Balaban J connectivity index is 0.00000128. The predicted molar refractivity (Wildman–Crippen MR) is 63.8 cm³/mol. The normalized spacial score (nSPS) is 16.4. The highest BCUT2D eigenvalue weighted by atomic mass is 35.5. The molecule has 0 bridgehead atoms. The van der Waals surface area contributed by atoms with Crippen molar-refractivity contribution < 1.29 is 4.79 Å². The smallest absolute Gasteiger partial charge is 0.272 e. The molecule has 2 heterocycles. The molecule has 16 heavy (non-hydrogen) atoms. The fraction of sp³-hybridized carbons (Fsp3) is 0.600. The molecule has 0 aromatic carbocycles. The van der Waals surface area contributed by atoms with E-state index in [1.807, 2.05) is 4.90 Å². The molecule has 5 nitrogen and oxygen atoms in total. The number of rotatable bonds is 1. The molecule has 1 aromatic heterocycles. The molecule has 1 aromatic rings. The van der Waals surface area contributed by atoms with E-state index in [4.69, 9.17) is 0 Å². The van der Waals surface area contributed by atoms with E-state index in [0.29, 0.717) is 5.69 Å². The third-order valence-corrected chi connectivity index (χ3v) is 2.67. The largest absolute Gasteiger partial charge is 0.336 e. The van der Waals surface area contributed by atoms with Crippen LogP contribution in [-0.2, 0) is 7.05 Å². The minimum absolute atomic E-state index is 0. The predicted octanol–water partition coefficient (Wildman–Crippen LogP) is 0.277. The third-order valence-electron chi connectivity index (χ3n) is 2.67. The number of hydrogen-bond acceptors (Lipinski definition) is 3. The van der Waals surface area contributed by atoms with Gasteiger partial charge in [-0.15, -0.1) is 12.4 Å². The van der Waals surface area contributed by atoms with E-state index in [9.17, 15) is 4.79 Å². The zero-order chi connectivity index (χ0) is 10.7. The van der Waals surface area contributed by atoms with E-state index >= 15 is 0 Å². The first kappa shape index (κ1) is 13.0. The summed E-state index contributed by atoms with van der Waals surface area (Å²) in [4.78, 5) is 14.0. The molecule has 1 amide bonds. The molecule has 2 rings (SSSR count). The Bertz CT molecular complexity index is 344. The van der Waals surface area contributed by atoms with Gasteiger partial charge in [-0.05, 0) is 19.0 Å². The van der Waals surface area contributed by atoms with Crippen LogP contribution in [0.4, 0.5) is 0 Å². The Morgan fingerprint density at radius 1 is 1.44 bits per heavy atom. The summed E-state index contributed by atoms with van der Waals surface area (Å²) in [5.41, 5.74) is 0.664. The van der Waals surface area contributed by atoms with E-state index in [1.54, 1.807) is 24.0 Å². The van der Waals surface area contributed by atoms with Crippen molar-refractivity contribution in [2.45, 2.75) is 6.42 Å². The van der Waals surface area contributed by atoms with Crippen molar-refractivity contribution in [2.75, 3.05) is 26.2 Å². The average molecular weight is 245 g/mol. The number of halogens is 1. The number of amides is 1. The van der Waals surface area contributed by atoms with Crippen LogP contribution in [0.15, 0.2) is 12.3 Å². The second-order valence-corrected chi connectivity index (χ2v) is 3.74. The summed E-state index contributed by atoms with van der Waals surface area (Å²) >= 11 is 0. The van der Waals surface area contributed by atoms with Crippen LogP contribution >= 0.6 is 12.4 Å². The third kappa shape index (κ3) is 2.74. The Hall–Kier alpha value is -1.07. The van der Waals surface area contributed by atoms with Gasteiger partial charge in [0.15, 0.2) is 0 Å². The number of carbonyl (C=O) groups is 1. The standard InChI is InChI=1S/C10H16N4O.ClH/c1-13-9(3-5-12-13)10(15)14-7-2-4-11-6-8-14;/h3,5,11H,2,4,6-8H2,1H3;1H. The van der Waals surface area contributed by atoms with Gasteiger partial charge < -0.3 is 10.2 Å². The fourth-order valence-corrected chi connectivity index (χ4v) is 1.79. The van der Waals surface area contributed by atoms with Crippen LogP contribution in [0.3, 0.4) is 0 Å².